The summed E-state index contributed by atoms with van der Waals surface area (Å²) in [6, 6.07) is 4.14. The van der Waals surface area contributed by atoms with E-state index in [1.807, 2.05) is 24.0 Å². The number of pyridine rings is 1. The van der Waals surface area contributed by atoms with E-state index in [0.717, 1.165) is 29.8 Å². The van der Waals surface area contributed by atoms with Gasteiger partial charge in [-0.3, -0.25) is 4.79 Å². The first-order valence-corrected chi connectivity index (χ1v) is 9.74. The number of nitrogens with zero attached hydrogens (tertiary/aromatic N) is 4. The Morgan fingerprint density at radius 2 is 2.00 bits per heavy atom. The van der Waals surface area contributed by atoms with E-state index < -0.39 is 0 Å². The van der Waals surface area contributed by atoms with Crippen molar-refractivity contribution >= 4 is 17.7 Å². The fourth-order valence-electron chi connectivity index (χ4n) is 4.04. The molecule has 1 aliphatic heterocycles. The second-order valence-electron chi connectivity index (χ2n) is 7.34. The van der Waals surface area contributed by atoms with Gasteiger partial charge >= 0.3 is 0 Å². The maximum Gasteiger partial charge on any atom is 0.256 e. The fraction of sp³-hybridized carbons (Fsp3) is 0.500. The van der Waals surface area contributed by atoms with Crippen LogP contribution in [0.15, 0.2) is 12.1 Å². The summed E-state index contributed by atoms with van der Waals surface area (Å²) in [4.78, 5) is 28.3. The number of nitrogens with one attached hydrogen (secondary N) is 2. The van der Waals surface area contributed by atoms with Gasteiger partial charge in [-0.1, -0.05) is 12.8 Å². The van der Waals surface area contributed by atoms with Crippen molar-refractivity contribution in [2.45, 2.75) is 51.7 Å². The van der Waals surface area contributed by atoms with Crippen LogP contribution in [0.4, 0.5) is 11.8 Å². The Balaban J connectivity index is 1.56. The van der Waals surface area contributed by atoms with Gasteiger partial charge in [0.1, 0.15) is 5.82 Å². The summed E-state index contributed by atoms with van der Waals surface area (Å²) in [5, 5.41) is 6.24. The van der Waals surface area contributed by atoms with Crippen molar-refractivity contribution in [2.75, 3.05) is 24.8 Å². The molecule has 1 fully saturated rings. The normalized spacial score (nSPS) is 16.4. The summed E-state index contributed by atoms with van der Waals surface area (Å²) in [6.07, 6.45) is 4.58. The monoisotopic (exact) mass is 382 g/mol. The van der Waals surface area contributed by atoms with E-state index in [0.29, 0.717) is 42.3 Å². The maximum atomic E-state index is 12.9. The highest BCUT2D eigenvalue weighted by atomic mass is 16.5. The minimum Gasteiger partial charge on any atom is -0.481 e. The van der Waals surface area contributed by atoms with Crippen LogP contribution in [0.3, 0.4) is 0 Å². The molecule has 1 aliphatic carbocycles. The second-order valence-corrected chi connectivity index (χ2v) is 7.34. The summed E-state index contributed by atoms with van der Waals surface area (Å²) in [7, 11) is 3.39. The lowest BCUT2D eigenvalue weighted by molar-refractivity contribution is 0.0706. The number of aromatic nitrogens is 3. The summed E-state index contributed by atoms with van der Waals surface area (Å²) in [6.45, 7) is 2.96. The molecule has 0 spiro atoms. The molecular weight excluding hydrogens is 356 g/mol. The van der Waals surface area contributed by atoms with E-state index in [-0.39, 0.29) is 5.91 Å². The van der Waals surface area contributed by atoms with Crippen LogP contribution in [0, 0.1) is 6.92 Å². The minimum absolute atomic E-state index is 0.0913. The third-order valence-electron chi connectivity index (χ3n) is 5.45. The maximum absolute atomic E-state index is 12.9. The van der Waals surface area contributed by atoms with Crippen molar-refractivity contribution < 1.29 is 9.53 Å². The van der Waals surface area contributed by atoms with Gasteiger partial charge < -0.3 is 20.3 Å². The number of fused-ring (bicyclic) bond motifs is 1. The topological polar surface area (TPSA) is 92.3 Å². The lowest BCUT2D eigenvalue weighted by Gasteiger charge is -2.22. The molecule has 1 amide bonds. The first kappa shape index (κ1) is 18.5. The third kappa shape index (κ3) is 3.46. The number of carbonyl (C=O) groups excluding carboxylic acids is 1. The van der Waals surface area contributed by atoms with E-state index in [1.54, 1.807) is 14.2 Å². The zero-order chi connectivity index (χ0) is 19.7. The van der Waals surface area contributed by atoms with Crippen LogP contribution in [-0.4, -0.2) is 46.0 Å². The van der Waals surface area contributed by atoms with Gasteiger partial charge in [0.2, 0.25) is 11.8 Å². The van der Waals surface area contributed by atoms with Crippen molar-refractivity contribution in [3.05, 3.63) is 34.6 Å². The van der Waals surface area contributed by atoms with Crippen molar-refractivity contribution in [1.82, 2.24) is 19.9 Å². The SMILES string of the molecule is CNc1nc(C)cc(NCc2cc3c(nc2OC)CN(C2CCCC2)C3=O)n1. The van der Waals surface area contributed by atoms with Gasteiger partial charge in [-0.25, -0.2) is 9.97 Å². The molecule has 28 heavy (non-hydrogen) atoms. The quantitative estimate of drug-likeness (QED) is 0.793. The summed E-state index contributed by atoms with van der Waals surface area (Å²) >= 11 is 0. The molecule has 0 aromatic carbocycles. The molecule has 4 rings (SSSR count). The van der Waals surface area contributed by atoms with E-state index in [9.17, 15) is 4.79 Å². The summed E-state index contributed by atoms with van der Waals surface area (Å²) in [5.41, 5.74) is 3.21. The number of hydrogen-bond donors (Lipinski definition) is 2. The summed E-state index contributed by atoms with van der Waals surface area (Å²) < 4.78 is 5.50. The number of rotatable bonds is 6. The van der Waals surface area contributed by atoms with Crippen molar-refractivity contribution in [3.63, 3.8) is 0 Å². The Kier molecular flexibility index (Phi) is 5.02. The predicted octanol–water partition coefficient (Wildman–Crippen LogP) is 2.74. The van der Waals surface area contributed by atoms with Crippen LogP contribution in [0.2, 0.25) is 0 Å². The molecule has 2 aromatic rings. The first-order valence-electron chi connectivity index (χ1n) is 9.74. The van der Waals surface area contributed by atoms with Crippen molar-refractivity contribution in [2.24, 2.45) is 0 Å². The van der Waals surface area contributed by atoms with Crippen LogP contribution in [0.5, 0.6) is 5.88 Å². The Hall–Kier alpha value is -2.90. The Morgan fingerprint density at radius 1 is 1.21 bits per heavy atom. The average Bonchev–Trinajstić information content (AvgIpc) is 3.33. The highest BCUT2D eigenvalue weighted by molar-refractivity contribution is 5.98. The smallest absolute Gasteiger partial charge is 0.256 e. The molecule has 0 bridgehead atoms. The van der Waals surface area contributed by atoms with Gasteiger partial charge in [-0.05, 0) is 25.8 Å². The van der Waals surface area contributed by atoms with Crippen LogP contribution in [0.1, 0.15) is 53.0 Å². The standard InChI is InChI=1S/C20H26N6O2/c1-12-8-17(25-20(21-2)23-12)22-10-13-9-15-16(24-18(13)28-3)11-26(19(15)27)14-6-4-5-7-14/h8-9,14H,4-7,10-11H2,1-3H3,(H2,21,22,23,25). The zero-order valence-corrected chi connectivity index (χ0v) is 16.6. The molecule has 0 unspecified atom stereocenters. The largest absolute Gasteiger partial charge is 0.481 e. The molecule has 2 aromatic heterocycles. The van der Waals surface area contributed by atoms with Crippen molar-refractivity contribution in [3.8, 4) is 5.88 Å². The Bertz CT molecular complexity index is 895. The third-order valence-corrected chi connectivity index (χ3v) is 5.45. The molecule has 0 radical (unpaired) electrons. The van der Waals surface area contributed by atoms with Gasteiger partial charge in [0.05, 0.1) is 24.9 Å². The highest BCUT2D eigenvalue weighted by Gasteiger charge is 2.35. The van der Waals surface area contributed by atoms with E-state index in [1.165, 1.54) is 12.8 Å². The van der Waals surface area contributed by atoms with Crippen LogP contribution < -0.4 is 15.4 Å². The molecule has 8 heteroatoms. The number of amides is 1. The lowest BCUT2D eigenvalue weighted by Crippen LogP contribution is -2.33. The number of methoxy groups -OCH3 is 1. The van der Waals surface area contributed by atoms with E-state index >= 15 is 0 Å². The molecule has 1 saturated carbocycles. The highest BCUT2D eigenvalue weighted by Crippen LogP contribution is 2.33. The van der Waals surface area contributed by atoms with Crippen molar-refractivity contribution in [1.29, 1.82) is 0 Å². The van der Waals surface area contributed by atoms with Gasteiger partial charge in [0.25, 0.3) is 5.91 Å². The van der Waals surface area contributed by atoms with E-state index in [2.05, 4.69) is 25.6 Å². The molecule has 148 valence electrons. The number of aryl methyl sites for hydroxylation is 1. The van der Waals surface area contributed by atoms with E-state index in [4.69, 9.17) is 4.74 Å². The predicted molar refractivity (Wildman–Crippen MR) is 107 cm³/mol. The Labute approximate surface area is 164 Å². The fourth-order valence-corrected chi connectivity index (χ4v) is 4.04. The molecule has 8 nitrogen and oxygen atoms in total. The number of hydrogen-bond acceptors (Lipinski definition) is 7. The van der Waals surface area contributed by atoms with Gasteiger partial charge in [0.15, 0.2) is 0 Å². The number of ether oxygens (including phenoxy) is 1. The molecule has 2 aliphatic rings. The zero-order valence-electron chi connectivity index (χ0n) is 16.6. The van der Waals surface area contributed by atoms with Gasteiger partial charge in [0, 0.05) is 37.0 Å². The number of anilines is 2. The molecule has 0 saturated heterocycles. The molecule has 0 atom stereocenters. The van der Waals surface area contributed by atoms with Gasteiger partial charge in [-0.15, -0.1) is 0 Å². The van der Waals surface area contributed by atoms with Gasteiger partial charge in [-0.2, -0.15) is 4.98 Å². The Morgan fingerprint density at radius 3 is 2.71 bits per heavy atom. The molecule has 2 N–H and O–H groups in total. The average molecular weight is 382 g/mol. The lowest BCUT2D eigenvalue weighted by atomic mass is 10.1. The van der Waals surface area contributed by atoms with Crippen LogP contribution in [-0.2, 0) is 13.1 Å². The summed E-state index contributed by atoms with van der Waals surface area (Å²) in [5.74, 6) is 1.91. The minimum atomic E-state index is 0.0913. The second kappa shape index (κ2) is 7.61. The molecular formula is C20H26N6O2. The molecule has 3 heterocycles. The first-order chi connectivity index (χ1) is 13.6. The van der Waals surface area contributed by atoms with Crippen LogP contribution >= 0.6 is 0 Å². The number of carbonyl (C=O) groups is 1. The van der Waals surface area contributed by atoms with Crippen LogP contribution in [0.25, 0.3) is 0 Å².